The van der Waals surface area contributed by atoms with Crippen LogP contribution in [0, 0.1) is 10.1 Å². The van der Waals surface area contributed by atoms with Crippen LogP contribution in [0.25, 0.3) is 0 Å². The highest BCUT2D eigenvalue weighted by Crippen LogP contribution is 2.30. The molecule has 2 aromatic carbocycles. The molecule has 0 fully saturated rings. The Hall–Kier alpha value is -2.90. The van der Waals surface area contributed by atoms with Crippen LogP contribution in [0.15, 0.2) is 48.5 Å². The molecule has 0 aromatic heterocycles. The van der Waals surface area contributed by atoms with Crippen molar-refractivity contribution in [2.75, 3.05) is 0 Å². The van der Waals surface area contributed by atoms with E-state index in [0.717, 1.165) is 12.1 Å². The second-order valence-electron chi connectivity index (χ2n) is 5.09. The summed E-state index contributed by atoms with van der Waals surface area (Å²) in [5.41, 5.74) is -1.10. The molecule has 2 rings (SSSR count). The number of rotatable bonds is 4. The van der Waals surface area contributed by atoms with Gasteiger partial charge in [0.2, 0.25) is 0 Å². The predicted molar refractivity (Wildman–Crippen MR) is 80.4 cm³/mol. The lowest BCUT2D eigenvalue weighted by molar-refractivity contribution is -0.385. The molecule has 0 aliphatic rings. The standard InChI is InChI=1S/C16H13F3N2O3/c1-10(11-5-4-6-12(9-11)16(17,18)19)20-15(22)13-7-2-3-8-14(13)21(23)24/h2-10H,1H3,(H,20,22). The number of halogens is 3. The zero-order chi connectivity index (χ0) is 17.9. The summed E-state index contributed by atoms with van der Waals surface area (Å²) < 4.78 is 38.2. The van der Waals surface area contributed by atoms with Gasteiger partial charge in [0.1, 0.15) is 5.56 Å². The number of carbonyl (C=O) groups excluding carboxylic acids is 1. The van der Waals surface area contributed by atoms with Crippen LogP contribution in [0.4, 0.5) is 18.9 Å². The SMILES string of the molecule is CC(NC(=O)c1ccccc1[N+](=O)[O-])c1cccc(C(F)(F)F)c1. The van der Waals surface area contributed by atoms with Crippen LogP contribution in [0.3, 0.4) is 0 Å². The number of para-hydroxylation sites is 1. The number of nitrogens with zero attached hydrogens (tertiary/aromatic N) is 1. The first kappa shape index (κ1) is 17.5. The second-order valence-corrected chi connectivity index (χ2v) is 5.09. The van der Waals surface area contributed by atoms with Gasteiger partial charge in [-0.25, -0.2) is 0 Å². The molecule has 0 heterocycles. The molecule has 0 radical (unpaired) electrons. The maximum Gasteiger partial charge on any atom is 0.416 e. The maximum atomic E-state index is 12.7. The van der Waals surface area contributed by atoms with Crippen molar-refractivity contribution in [2.45, 2.75) is 19.1 Å². The Bertz CT molecular complexity index is 775. The molecular formula is C16H13F3N2O3. The van der Waals surface area contributed by atoms with Gasteiger partial charge in [-0.1, -0.05) is 24.3 Å². The van der Waals surface area contributed by atoms with Crippen molar-refractivity contribution >= 4 is 11.6 Å². The van der Waals surface area contributed by atoms with Crippen molar-refractivity contribution in [3.63, 3.8) is 0 Å². The number of nitrogens with one attached hydrogen (secondary N) is 1. The van der Waals surface area contributed by atoms with Crippen LogP contribution >= 0.6 is 0 Å². The zero-order valence-corrected chi connectivity index (χ0v) is 12.5. The van der Waals surface area contributed by atoms with Crippen LogP contribution in [0.1, 0.15) is 34.5 Å². The van der Waals surface area contributed by atoms with Crippen molar-refractivity contribution in [1.29, 1.82) is 0 Å². The first-order valence-electron chi connectivity index (χ1n) is 6.91. The average Bonchev–Trinajstić information content (AvgIpc) is 2.54. The summed E-state index contributed by atoms with van der Waals surface area (Å²) in [6.45, 7) is 1.50. The number of hydrogen-bond donors (Lipinski definition) is 1. The minimum Gasteiger partial charge on any atom is -0.345 e. The van der Waals surface area contributed by atoms with E-state index in [9.17, 15) is 28.1 Å². The smallest absolute Gasteiger partial charge is 0.345 e. The van der Waals surface area contributed by atoms with Gasteiger partial charge in [-0.05, 0) is 30.7 Å². The zero-order valence-electron chi connectivity index (χ0n) is 12.5. The van der Waals surface area contributed by atoms with Gasteiger partial charge in [-0.3, -0.25) is 14.9 Å². The van der Waals surface area contributed by atoms with Crippen molar-refractivity contribution in [2.24, 2.45) is 0 Å². The molecule has 126 valence electrons. The van der Waals surface area contributed by atoms with Gasteiger partial charge in [-0.2, -0.15) is 13.2 Å². The quantitative estimate of drug-likeness (QED) is 0.674. The summed E-state index contributed by atoms with van der Waals surface area (Å²) >= 11 is 0. The summed E-state index contributed by atoms with van der Waals surface area (Å²) in [4.78, 5) is 22.4. The molecule has 2 aromatic rings. The fourth-order valence-electron chi connectivity index (χ4n) is 2.17. The third kappa shape index (κ3) is 3.89. The van der Waals surface area contributed by atoms with Crippen molar-refractivity contribution in [3.05, 3.63) is 75.3 Å². The van der Waals surface area contributed by atoms with Gasteiger partial charge in [0.05, 0.1) is 16.5 Å². The van der Waals surface area contributed by atoms with Gasteiger partial charge in [0.25, 0.3) is 11.6 Å². The lowest BCUT2D eigenvalue weighted by Gasteiger charge is -2.16. The number of nitro benzene ring substituents is 1. The van der Waals surface area contributed by atoms with Gasteiger partial charge in [-0.15, -0.1) is 0 Å². The number of hydrogen-bond acceptors (Lipinski definition) is 3. The van der Waals surface area contributed by atoms with Crippen LogP contribution in [0.5, 0.6) is 0 Å². The van der Waals surface area contributed by atoms with E-state index < -0.39 is 28.6 Å². The van der Waals surface area contributed by atoms with Crippen LogP contribution in [0.2, 0.25) is 0 Å². The maximum absolute atomic E-state index is 12.7. The van der Waals surface area contributed by atoms with Crippen LogP contribution in [-0.2, 0) is 6.18 Å². The largest absolute Gasteiger partial charge is 0.416 e. The molecule has 24 heavy (non-hydrogen) atoms. The number of carbonyl (C=O) groups is 1. The van der Waals surface area contributed by atoms with E-state index in [1.165, 1.54) is 43.3 Å². The summed E-state index contributed by atoms with van der Waals surface area (Å²) in [6, 6.07) is 9.16. The van der Waals surface area contributed by atoms with E-state index in [1.54, 1.807) is 0 Å². The van der Waals surface area contributed by atoms with E-state index >= 15 is 0 Å². The third-order valence-corrected chi connectivity index (χ3v) is 3.41. The lowest BCUT2D eigenvalue weighted by atomic mass is 10.0. The number of amides is 1. The van der Waals surface area contributed by atoms with Gasteiger partial charge in [0, 0.05) is 6.07 Å². The molecule has 0 spiro atoms. The molecule has 0 bridgehead atoms. The fraction of sp³-hybridized carbons (Fsp3) is 0.188. The Morgan fingerprint density at radius 3 is 2.46 bits per heavy atom. The van der Waals surface area contributed by atoms with E-state index in [1.807, 2.05) is 0 Å². The molecule has 1 N–H and O–H groups in total. The minimum absolute atomic E-state index is 0.152. The Balaban J connectivity index is 2.23. The van der Waals surface area contributed by atoms with Crippen molar-refractivity contribution < 1.29 is 22.9 Å². The molecule has 0 saturated heterocycles. The number of benzene rings is 2. The second kappa shape index (κ2) is 6.69. The topological polar surface area (TPSA) is 72.2 Å². The first-order valence-corrected chi connectivity index (χ1v) is 6.91. The Labute approximate surface area is 135 Å². The predicted octanol–water partition coefficient (Wildman–Crippen LogP) is 4.10. The molecule has 1 unspecified atom stereocenters. The van der Waals surface area contributed by atoms with Gasteiger partial charge >= 0.3 is 6.18 Å². The van der Waals surface area contributed by atoms with E-state index in [-0.39, 0.29) is 16.8 Å². The number of alkyl halides is 3. The molecule has 0 aliphatic carbocycles. The van der Waals surface area contributed by atoms with Crippen molar-refractivity contribution in [3.8, 4) is 0 Å². The normalized spacial score (nSPS) is 12.5. The molecule has 0 saturated carbocycles. The molecule has 1 amide bonds. The number of nitro groups is 1. The van der Waals surface area contributed by atoms with Crippen molar-refractivity contribution in [1.82, 2.24) is 5.32 Å². The van der Waals surface area contributed by atoms with E-state index in [0.29, 0.717) is 0 Å². The molecular weight excluding hydrogens is 325 g/mol. The highest BCUT2D eigenvalue weighted by Gasteiger charge is 2.31. The van der Waals surface area contributed by atoms with Gasteiger partial charge < -0.3 is 5.32 Å². The van der Waals surface area contributed by atoms with E-state index in [2.05, 4.69) is 5.32 Å². The molecule has 5 nitrogen and oxygen atoms in total. The molecule has 8 heteroatoms. The Kier molecular flexibility index (Phi) is 4.87. The first-order chi connectivity index (χ1) is 11.2. The molecule has 0 aliphatic heterocycles. The highest BCUT2D eigenvalue weighted by atomic mass is 19.4. The lowest BCUT2D eigenvalue weighted by Crippen LogP contribution is -2.27. The molecule has 1 atom stereocenters. The highest BCUT2D eigenvalue weighted by molar-refractivity contribution is 5.98. The summed E-state index contributed by atoms with van der Waals surface area (Å²) in [7, 11) is 0. The Morgan fingerprint density at radius 1 is 1.17 bits per heavy atom. The Morgan fingerprint density at radius 2 is 1.83 bits per heavy atom. The van der Waals surface area contributed by atoms with Crippen LogP contribution in [-0.4, -0.2) is 10.8 Å². The fourth-order valence-corrected chi connectivity index (χ4v) is 2.17. The summed E-state index contributed by atoms with van der Waals surface area (Å²) in [5, 5.41) is 13.4. The van der Waals surface area contributed by atoms with E-state index in [4.69, 9.17) is 0 Å². The average molecular weight is 338 g/mol. The third-order valence-electron chi connectivity index (χ3n) is 3.41. The monoisotopic (exact) mass is 338 g/mol. The van der Waals surface area contributed by atoms with Crippen LogP contribution < -0.4 is 5.32 Å². The van der Waals surface area contributed by atoms with Gasteiger partial charge in [0.15, 0.2) is 0 Å². The minimum atomic E-state index is -4.49. The summed E-state index contributed by atoms with van der Waals surface area (Å²) in [5.74, 6) is -0.729. The summed E-state index contributed by atoms with van der Waals surface area (Å²) in [6.07, 6.45) is -4.49.